The third-order valence-electron chi connectivity index (χ3n) is 2.04. The van der Waals surface area contributed by atoms with Crippen molar-refractivity contribution in [3.63, 3.8) is 0 Å². The van der Waals surface area contributed by atoms with Crippen LogP contribution in [-0.4, -0.2) is 27.1 Å². The van der Waals surface area contributed by atoms with Gasteiger partial charge >= 0.3 is 0 Å². The Balaban J connectivity index is 2.62. The van der Waals surface area contributed by atoms with Gasteiger partial charge in [-0.25, -0.2) is 0 Å². The molecular weight excluding hydrogens is 288 g/mol. The predicted octanol–water partition coefficient (Wildman–Crippen LogP) is 3.24. The molecule has 90 valence electrons. The molecule has 0 aliphatic heterocycles. The zero-order valence-corrected chi connectivity index (χ0v) is 12.3. The van der Waals surface area contributed by atoms with E-state index in [4.69, 9.17) is 0 Å². The fourth-order valence-electron chi connectivity index (χ4n) is 1.34. The Hall–Kier alpha value is -0.290. The SMILES string of the molecule is CCn1ncc(Br)c1C(=O)CSCC(C)C. The minimum absolute atomic E-state index is 0.150. The van der Waals surface area contributed by atoms with Crippen molar-refractivity contribution in [1.82, 2.24) is 9.78 Å². The van der Waals surface area contributed by atoms with E-state index in [1.807, 2.05) is 6.92 Å². The second kappa shape index (κ2) is 6.45. The molecule has 3 nitrogen and oxygen atoms in total. The normalized spacial score (nSPS) is 11.1. The quantitative estimate of drug-likeness (QED) is 0.757. The first-order valence-electron chi connectivity index (χ1n) is 5.38. The van der Waals surface area contributed by atoms with Gasteiger partial charge in [-0.05, 0) is 34.5 Å². The summed E-state index contributed by atoms with van der Waals surface area (Å²) in [7, 11) is 0. The fourth-order valence-corrected chi connectivity index (χ4v) is 2.76. The molecule has 0 saturated carbocycles. The highest BCUT2D eigenvalue weighted by atomic mass is 79.9. The van der Waals surface area contributed by atoms with E-state index in [0.29, 0.717) is 17.4 Å². The van der Waals surface area contributed by atoms with Crippen molar-refractivity contribution in [1.29, 1.82) is 0 Å². The minimum Gasteiger partial charge on any atom is -0.291 e. The Labute approximate surface area is 109 Å². The lowest BCUT2D eigenvalue weighted by Gasteiger charge is -2.06. The van der Waals surface area contributed by atoms with Gasteiger partial charge in [0.2, 0.25) is 0 Å². The van der Waals surface area contributed by atoms with Crippen molar-refractivity contribution < 1.29 is 4.79 Å². The maximum Gasteiger partial charge on any atom is 0.191 e. The zero-order valence-electron chi connectivity index (χ0n) is 9.86. The summed E-state index contributed by atoms with van der Waals surface area (Å²) in [6, 6.07) is 0. The van der Waals surface area contributed by atoms with Crippen molar-refractivity contribution in [2.75, 3.05) is 11.5 Å². The first-order chi connectivity index (χ1) is 7.56. The molecule has 1 aromatic heterocycles. The van der Waals surface area contributed by atoms with Crippen LogP contribution in [0.2, 0.25) is 0 Å². The van der Waals surface area contributed by atoms with E-state index in [-0.39, 0.29) is 5.78 Å². The van der Waals surface area contributed by atoms with Crippen LogP contribution >= 0.6 is 27.7 Å². The molecule has 0 bridgehead atoms. The number of carbonyl (C=O) groups is 1. The molecule has 16 heavy (non-hydrogen) atoms. The molecule has 0 saturated heterocycles. The van der Waals surface area contributed by atoms with Crippen LogP contribution in [0.1, 0.15) is 31.3 Å². The predicted molar refractivity (Wildman–Crippen MR) is 72.1 cm³/mol. The van der Waals surface area contributed by atoms with Gasteiger partial charge in [0.15, 0.2) is 5.78 Å². The summed E-state index contributed by atoms with van der Waals surface area (Å²) in [5.74, 6) is 2.32. The smallest absolute Gasteiger partial charge is 0.191 e. The van der Waals surface area contributed by atoms with E-state index in [2.05, 4.69) is 34.9 Å². The number of hydrogen-bond donors (Lipinski definition) is 0. The number of nitrogens with zero attached hydrogens (tertiary/aromatic N) is 2. The van der Waals surface area contributed by atoms with E-state index in [1.165, 1.54) is 0 Å². The summed E-state index contributed by atoms with van der Waals surface area (Å²) < 4.78 is 2.53. The Morgan fingerprint density at radius 1 is 1.62 bits per heavy atom. The third kappa shape index (κ3) is 3.63. The molecular formula is C11H17BrN2OS. The Morgan fingerprint density at radius 2 is 2.31 bits per heavy atom. The molecule has 0 aliphatic carbocycles. The monoisotopic (exact) mass is 304 g/mol. The molecule has 0 radical (unpaired) electrons. The van der Waals surface area contributed by atoms with Gasteiger partial charge in [0.1, 0.15) is 5.69 Å². The third-order valence-corrected chi connectivity index (χ3v) is 3.99. The molecule has 1 rings (SSSR count). The van der Waals surface area contributed by atoms with Crippen molar-refractivity contribution >= 4 is 33.5 Å². The van der Waals surface area contributed by atoms with Gasteiger partial charge in [-0.3, -0.25) is 9.48 Å². The number of thioether (sulfide) groups is 1. The molecule has 0 fully saturated rings. The summed E-state index contributed by atoms with van der Waals surface area (Å²) in [5, 5.41) is 4.14. The van der Waals surface area contributed by atoms with Crippen molar-refractivity contribution in [2.45, 2.75) is 27.3 Å². The van der Waals surface area contributed by atoms with E-state index in [1.54, 1.807) is 22.6 Å². The number of carbonyl (C=O) groups excluding carboxylic acids is 1. The van der Waals surface area contributed by atoms with Crippen LogP contribution in [0.4, 0.5) is 0 Å². The largest absolute Gasteiger partial charge is 0.291 e. The molecule has 0 N–H and O–H groups in total. The maximum atomic E-state index is 12.0. The van der Waals surface area contributed by atoms with Crippen LogP contribution in [0.25, 0.3) is 0 Å². The first kappa shape index (κ1) is 13.8. The van der Waals surface area contributed by atoms with Gasteiger partial charge in [0.05, 0.1) is 16.4 Å². The van der Waals surface area contributed by atoms with Gasteiger partial charge in [-0.15, -0.1) is 0 Å². The number of aromatic nitrogens is 2. The minimum atomic E-state index is 0.150. The highest BCUT2D eigenvalue weighted by Gasteiger charge is 2.16. The maximum absolute atomic E-state index is 12.0. The Morgan fingerprint density at radius 3 is 2.88 bits per heavy atom. The van der Waals surface area contributed by atoms with E-state index < -0.39 is 0 Å². The number of aryl methyl sites for hydroxylation is 1. The number of rotatable bonds is 6. The van der Waals surface area contributed by atoms with Crippen LogP contribution in [0.3, 0.4) is 0 Å². The second-order valence-corrected chi connectivity index (χ2v) is 5.87. The van der Waals surface area contributed by atoms with E-state index >= 15 is 0 Å². The van der Waals surface area contributed by atoms with Gasteiger partial charge in [0.25, 0.3) is 0 Å². The molecule has 0 aromatic carbocycles. The van der Waals surface area contributed by atoms with Gasteiger partial charge in [-0.1, -0.05) is 13.8 Å². The zero-order chi connectivity index (χ0) is 12.1. The number of halogens is 1. The summed E-state index contributed by atoms with van der Waals surface area (Å²) in [6.45, 7) is 7.02. The van der Waals surface area contributed by atoms with E-state index in [0.717, 1.165) is 16.8 Å². The molecule has 1 heterocycles. The van der Waals surface area contributed by atoms with Gasteiger partial charge < -0.3 is 0 Å². The van der Waals surface area contributed by atoms with Crippen molar-refractivity contribution in [3.05, 3.63) is 16.4 Å². The topological polar surface area (TPSA) is 34.9 Å². The van der Waals surface area contributed by atoms with Crippen LogP contribution in [0.15, 0.2) is 10.7 Å². The molecule has 0 amide bonds. The summed E-state index contributed by atoms with van der Waals surface area (Å²) in [6.07, 6.45) is 1.68. The summed E-state index contributed by atoms with van der Waals surface area (Å²) >= 11 is 5.05. The first-order valence-corrected chi connectivity index (χ1v) is 7.33. The van der Waals surface area contributed by atoms with Crippen LogP contribution in [0, 0.1) is 5.92 Å². The van der Waals surface area contributed by atoms with Crippen LogP contribution in [0.5, 0.6) is 0 Å². The Kier molecular flexibility index (Phi) is 5.55. The van der Waals surface area contributed by atoms with Gasteiger partial charge in [-0.2, -0.15) is 16.9 Å². The molecule has 0 atom stereocenters. The second-order valence-electron chi connectivity index (χ2n) is 3.99. The van der Waals surface area contributed by atoms with Gasteiger partial charge in [0, 0.05) is 6.54 Å². The lowest BCUT2D eigenvalue weighted by Crippen LogP contribution is -2.12. The molecule has 5 heteroatoms. The average Bonchev–Trinajstić information content (AvgIpc) is 2.58. The number of Topliss-reactive ketones (excluding diaryl/α,β-unsaturated/α-hetero) is 1. The molecule has 0 spiro atoms. The lowest BCUT2D eigenvalue weighted by atomic mass is 10.3. The standard InChI is InChI=1S/C11H17BrN2OS/c1-4-14-11(9(12)5-13-14)10(15)7-16-6-8(2)3/h5,8H,4,6-7H2,1-3H3. The Bertz CT molecular complexity index is 363. The fraction of sp³-hybridized carbons (Fsp3) is 0.636. The number of hydrogen-bond acceptors (Lipinski definition) is 3. The van der Waals surface area contributed by atoms with Crippen LogP contribution in [-0.2, 0) is 6.54 Å². The lowest BCUT2D eigenvalue weighted by molar-refractivity contribution is 0.101. The average molecular weight is 305 g/mol. The highest BCUT2D eigenvalue weighted by Crippen LogP contribution is 2.19. The molecule has 0 unspecified atom stereocenters. The highest BCUT2D eigenvalue weighted by molar-refractivity contribution is 9.10. The number of ketones is 1. The van der Waals surface area contributed by atoms with Crippen molar-refractivity contribution in [3.8, 4) is 0 Å². The summed E-state index contributed by atoms with van der Waals surface area (Å²) in [4.78, 5) is 12.0. The van der Waals surface area contributed by atoms with Crippen LogP contribution < -0.4 is 0 Å². The van der Waals surface area contributed by atoms with Crippen molar-refractivity contribution in [2.24, 2.45) is 5.92 Å². The molecule has 1 aromatic rings. The van der Waals surface area contributed by atoms with E-state index in [9.17, 15) is 4.79 Å². The summed E-state index contributed by atoms with van der Waals surface area (Å²) in [5.41, 5.74) is 0.693. The molecule has 0 aliphatic rings.